The van der Waals surface area contributed by atoms with Crippen molar-refractivity contribution in [1.82, 2.24) is 14.8 Å². The molecule has 1 saturated heterocycles. The first-order chi connectivity index (χ1) is 12.7. The quantitative estimate of drug-likeness (QED) is 0.591. The lowest BCUT2D eigenvalue weighted by Crippen LogP contribution is -2.43. The predicted molar refractivity (Wildman–Crippen MR) is 110 cm³/mol. The number of benzene rings is 2. The summed E-state index contributed by atoms with van der Waals surface area (Å²) in [6, 6.07) is 14.4. The van der Waals surface area contributed by atoms with Gasteiger partial charge in [-0.1, -0.05) is 36.4 Å². The number of nitrogens with zero attached hydrogens (tertiary/aromatic N) is 2. The van der Waals surface area contributed by atoms with Crippen molar-refractivity contribution < 1.29 is 0 Å². The number of thiophene rings is 1. The number of H-pyrrole nitrogens is 1. The first kappa shape index (κ1) is 16.0. The summed E-state index contributed by atoms with van der Waals surface area (Å²) in [6.45, 7) is 5.44. The van der Waals surface area contributed by atoms with E-state index in [1.54, 1.807) is 0 Å². The van der Waals surface area contributed by atoms with Crippen LogP contribution in [0.1, 0.15) is 5.56 Å². The molecule has 2 aromatic carbocycles. The first-order valence-corrected chi connectivity index (χ1v) is 9.88. The zero-order valence-corrected chi connectivity index (χ0v) is 15.6. The Morgan fingerprint density at radius 1 is 0.923 bits per heavy atom. The summed E-state index contributed by atoms with van der Waals surface area (Å²) in [5, 5.41) is 2.99. The van der Waals surface area contributed by atoms with Crippen molar-refractivity contribution >= 4 is 42.4 Å². The minimum Gasteiger partial charge on any atom is -0.320 e. The van der Waals surface area contributed by atoms with Gasteiger partial charge in [0.15, 0.2) is 0 Å². The number of likely N-dealkylation sites (N-methyl/N-ethyl adjacent to an activating group) is 1. The fourth-order valence-corrected chi connectivity index (χ4v) is 5.22. The largest absolute Gasteiger partial charge is 0.320 e. The highest BCUT2D eigenvalue weighted by Gasteiger charge is 2.17. The van der Waals surface area contributed by atoms with Crippen LogP contribution in [0.15, 0.2) is 47.3 Å². The molecule has 4 nitrogen and oxygen atoms in total. The summed E-state index contributed by atoms with van der Waals surface area (Å²) in [6.07, 6.45) is 0. The molecule has 2 aromatic heterocycles. The number of aromatic nitrogens is 1. The van der Waals surface area contributed by atoms with Gasteiger partial charge in [0.25, 0.3) is 5.56 Å². The second-order valence-corrected chi connectivity index (χ2v) is 8.20. The normalized spacial score (nSPS) is 16.8. The van der Waals surface area contributed by atoms with E-state index < -0.39 is 0 Å². The average molecular weight is 363 g/mol. The van der Waals surface area contributed by atoms with E-state index in [0.29, 0.717) is 0 Å². The van der Waals surface area contributed by atoms with Crippen LogP contribution in [0.25, 0.3) is 31.1 Å². The van der Waals surface area contributed by atoms with Gasteiger partial charge in [-0.25, -0.2) is 0 Å². The zero-order valence-electron chi connectivity index (χ0n) is 14.8. The van der Waals surface area contributed by atoms with Crippen LogP contribution in [-0.4, -0.2) is 48.0 Å². The Morgan fingerprint density at radius 2 is 1.65 bits per heavy atom. The lowest BCUT2D eigenvalue weighted by molar-refractivity contribution is 0.148. The molecule has 1 aliphatic heterocycles. The third-order valence-electron chi connectivity index (χ3n) is 5.44. The Morgan fingerprint density at radius 3 is 2.46 bits per heavy atom. The molecule has 0 saturated carbocycles. The van der Waals surface area contributed by atoms with E-state index in [1.807, 2.05) is 29.5 Å². The Balaban J connectivity index is 1.68. The predicted octanol–water partition coefficient (Wildman–Crippen LogP) is 3.64. The number of piperazine rings is 1. The fraction of sp³-hybridized carbons (Fsp3) is 0.286. The smallest absolute Gasteiger partial charge is 0.256 e. The van der Waals surface area contributed by atoms with Crippen LogP contribution in [0.3, 0.4) is 0 Å². The van der Waals surface area contributed by atoms with Gasteiger partial charge in [-0.15, -0.1) is 11.3 Å². The first-order valence-electron chi connectivity index (χ1n) is 9.07. The molecule has 1 N–H and O–H groups in total. The van der Waals surface area contributed by atoms with Crippen LogP contribution in [-0.2, 0) is 6.54 Å². The van der Waals surface area contributed by atoms with Crippen LogP contribution in [0.4, 0.5) is 0 Å². The van der Waals surface area contributed by atoms with Gasteiger partial charge >= 0.3 is 0 Å². The number of nitrogens with one attached hydrogen (secondary N) is 1. The fourth-order valence-electron chi connectivity index (χ4n) is 3.92. The van der Waals surface area contributed by atoms with Crippen molar-refractivity contribution in [3.63, 3.8) is 0 Å². The number of hydrogen-bond donors (Lipinski definition) is 1. The van der Waals surface area contributed by atoms with E-state index in [9.17, 15) is 4.79 Å². The number of hydrogen-bond acceptors (Lipinski definition) is 4. The molecule has 1 aliphatic rings. The average Bonchev–Trinajstić information content (AvgIpc) is 3.04. The van der Waals surface area contributed by atoms with E-state index in [2.05, 4.69) is 46.1 Å². The zero-order chi connectivity index (χ0) is 17.7. The van der Waals surface area contributed by atoms with Crippen LogP contribution in [0, 0.1) is 0 Å². The van der Waals surface area contributed by atoms with Gasteiger partial charge in [-0.3, -0.25) is 9.69 Å². The molecule has 0 aliphatic carbocycles. The minimum atomic E-state index is -0.00253. The Bertz CT molecular complexity index is 1170. The highest BCUT2D eigenvalue weighted by Crippen LogP contribution is 2.37. The molecular formula is C21H21N3OS. The van der Waals surface area contributed by atoms with E-state index in [4.69, 9.17) is 0 Å². The highest BCUT2D eigenvalue weighted by atomic mass is 32.1. The summed E-state index contributed by atoms with van der Waals surface area (Å²) in [5.74, 6) is 0. The van der Waals surface area contributed by atoms with Crippen molar-refractivity contribution in [3.05, 3.63) is 58.4 Å². The Kier molecular flexibility index (Phi) is 3.81. The molecule has 3 heterocycles. The molecule has 5 heteroatoms. The SMILES string of the molecule is CN1CCN(Cc2cccc3c2sc2c4ccccc4c(=O)[nH]c32)CC1. The number of pyridine rings is 1. The Labute approximate surface area is 155 Å². The van der Waals surface area contributed by atoms with Crippen molar-refractivity contribution in [1.29, 1.82) is 0 Å². The maximum atomic E-state index is 12.5. The third kappa shape index (κ3) is 2.55. The topological polar surface area (TPSA) is 39.3 Å². The van der Waals surface area contributed by atoms with Gasteiger partial charge in [0, 0.05) is 53.6 Å². The number of aromatic amines is 1. The molecule has 0 unspecified atom stereocenters. The highest BCUT2D eigenvalue weighted by molar-refractivity contribution is 7.26. The minimum absolute atomic E-state index is 0.00253. The molecule has 0 amide bonds. The summed E-state index contributed by atoms with van der Waals surface area (Å²) < 4.78 is 2.48. The van der Waals surface area contributed by atoms with Crippen LogP contribution in [0.2, 0.25) is 0 Å². The van der Waals surface area contributed by atoms with E-state index in [-0.39, 0.29) is 5.56 Å². The summed E-state index contributed by atoms with van der Waals surface area (Å²) in [4.78, 5) is 20.5. The van der Waals surface area contributed by atoms with Gasteiger partial charge in [0.05, 0.1) is 10.2 Å². The molecule has 0 radical (unpaired) electrons. The maximum Gasteiger partial charge on any atom is 0.256 e. The molecule has 4 aromatic rings. The van der Waals surface area contributed by atoms with Crippen molar-refractivity contribution in [3.8, 4) is 0 Å². The van der Waals surface area contributed by atoms with Gasteiger partial charge in [0.2, 0.25) is 0 Å². The Hall–Kier alpha value is -2.21. The van der Waals surface area contributed by atoms with Crippen LogP contribution in [0.5, 0.6) is 0 Å². The molecular weight excluding hydrogens is 342 g/mol. The lowest BCUT2D eigenvalue weighted by Gasteiger charge is -2.32. The molecule has 5 rings (SSSR count). The van der Waals surface area contributed by atoms with Crippen molar-refractivity contribution in [2.45, 2.75) is 6.54 Å². The van der Waals surface area contributed by atoms with Crippen LogP contribution < -0.4 is 5.56 Å². The standard InChI is InChI=1S/C21H21N3OS/c1-23-9-11-24(12-10-23)13-14-5-4-8-17-18-20(26-19(14)17)15-6-2-3-7-16(15)21(25)22-18/h2-8H,9-13H2,1H3,(H,22,25). The molecule has 0 atom stereocenters. The van der Waals surface area contributed by atoms with Gasteiger partial charge < -0.3 is 9.88 Å². The molecule has 1 fully saturated rings. The second kappa shape index (κ2) is 6.20. The molecule has 26 heavy (non-hydrogen) atoms. The van der Waals surface area contributed by atoms with E-state index >= 15 is 0 Å². The maximum absolute atomic E-state index is 12.5. The molecule has 0 spiro atoms. The summed E-state index contributed by atoms with van der Waals surface area (Å²) in [5.41, 5.74) is 2.34. The van der Waals surface area contributed by atoms with Crippen molar-refractivity contribution in [2.24, 2.45) is 0 Å². The van der Waals surface area contributed by atoms with E-state index in [0.717, 1.165) is 49.0 Å². The molecule has 0 bridgehead atoms. The van der Waals surface area contributed by atoms with Gasteiger partial charge in [0.1, 0.15) is 0 Å². The molecule has 132 valence electrons. The van der Waals surface area contributed by atoms with Gasteiger partial charge in [-0.2, -0.15) is 0 Å². The second-order valence-electron chi connectivity index (χ2n) is 7.18. The summed E-state index contributed by atoms with van der Waals surface area (Å²) >= 11 is 1.81. The number of rotatable bonds is 2. The summed E-state index contributed by atoms with van der Waals surface area (Å²) in [7, 11) is 2.19. The third-order valence-corrected chi connectivity index (χ3v) is 6.76. The van der Waals surface area contributed by atoms with E-state index in [1.165, 1.54) is 20.3 Å². The van der Waals surface area contributed by atoms with Crippen molar-refractivity contribution in [2.75, 3.05) is 33.2 Å². The monoisotopic (exact) mass is 363 g/mol. The lowest BCUT2D eigenvalue weighted by atomic mass is 10.1. The van der Waals surface area contributed by atoms with Gasteiger partial charge in [-0.05, 0) is 18.7 Å². The number of fused-ring (bicyclic) bond motifs is 5. The van der Waals surface area contributed by atoms with Crippen LogP contribution >= 0.6 is 11.3 Å².